The summed E-state index contributed by atoms with van der Waals surface area (Å²) in [6.07, 6.45) is 3.10. The first kappa shape index (κ1) is 15.4. The molecule has 1 fully saturated rings. The maximum absolute atomic E-state index is 12.1. The van der Waals surface area contributed by atoms with E-state index in [4.69, 9.17) is 4.74 Å². The maximum Gasteiger partial charge on any atom is 0.311 e. The molecule has 4 nitrogen and oxygen atoms in total. The molecule has 0 radical (unpaired) electrons. The predicted octanol–water partition coefficient (Wildman–Crippen LogP) is 1.72. The summed E-state index contributed by atoms with van der Waals surface area (Å²) in [5.41, 5.74) is -0.901. The van der Waals surface area contributed by atoms with E-state index in [0.717, 1.165) is 25.9 Å². The van der Waals surface area contributed by atoms with Gasteiger partial charge in [0.05, 0.1) is 18.1 Å². The van der Waals surface area contributed by atoms with Gasteiger partial charge in [-0.1, -0.05) is 20.3 Å². The van der Waals surface area contributed by atoms with Crippen LogP contribution >= 0.6 is 0 Å². The second-order valence-corrected chi connectivity index (χ2v) is 5.14. The Morgan fingerprint density at radius 3 is 2.78 bits per heavy atom. The Morgan fingerprint density at radius 2 is 2.22 bits per heavy atom. The zero-order valence-electron chi connectivity index (χ0n) is 11.9. The van der Waals surface area contributed by atoms with E-state index in [9.17, 15) is 9.90 Å². The van der Waals surface area contributed by atoms with Gasteiger partial charge in [0.15, 0.2) is 0 Å². The molecule has 1 saturated heterocycles. The molecule has 0 bridgehead atoms. The minimum absolute atomic E-state index is 0.132. The van der Waals surface area contributed by atoms with Crippen LogP contribution in [0.1, 0.15) is 46.5 Å². The van der Waals surface area contributed by atoms with Gasteiger partial charge in [0.2, 0.25) is 0 Å². The molecule has 0 spiro atoms. The smallest absolute Gasteiger partial charge is 0.311 e. The standard InChI is InChI=1S/C14H27NO3/c1-4-7-12(13(16)18-6-3)14(17)8-9-15-10-11(14)5-2/h11-12,15,17H,4-10H2,1-3H3. The van der Waals surface area contributed by atoms with E-state index < -0.39 is 5.60 Å². The van der Waals surface area contributed by atoms with Gasteiger partial charge in [-0.3, -0.25) is 4.79 Å². The van der Waals surface area contributed by atoms with Crippen molar-refractivity contribution in [3.63, 3.8) is 0 Å². The molecule has 3 atom stereocenters. The average Bonchev–Trinajstić information content (AvgIpc) is 2.36. The molecule has 0 aromatic rings. The molecule has 106 valence electrons. The Labute approximate surface area is 110 Å². The summed E-state index contributed by atoms with van der Waals surface area (Å²) in [4.78, 5) is 12.1. The normalized spacial score (nSPS) is 29.9. The van der Waals surface area contributed by atoms with Crippen LogP contribution in [0, 0.1) is 11.8 Å². The second-order valence-electron chi connectivity index (χ2n) is 5.14. The van der Waals surface area contributed by atoms with E-state index >= 15 is 0 Å². The molecule has 0 saturated carbocycles. The van der Waals surface area contributed by atoms with Crippen LogP contribution < -0.4 is 5.32 Å². The van der Waals surface area contributed by atoms with Gasteiger partial charge in [-0.05, 0) is 32.7 Å². The lowest BCUT2D eigenvalue weighted by atomic mass is 9.70. The molecular formula is C14H27NO3. The van der Waals surface area contributed by atoms with Gasteiger partial charge in [0, 0.05) is 12.5 Å². The Hall–Kier alpha value is -0.610. The number of nitrogens with one attached hydrogen (secondary N) is 1. The number of hydrogen-bond acceptors (Lipinski definition) is 4. The van der Waals surface area contributed by atoms with E-state index in [-0.39, 0.29) is 17.8 Å². The summed E-state index contributed by atoms with van der Waals surface area (Å²) in [7, 11) is 0. The Kier molecular flexibility index (Phi) is 6.09. The lowest BCUT2D eigenvalue weighted by molar-refractivity contribution is -0.167. The molecule has 1 aliphatic rings. The van der Waals surface area contributed by atoms with E-state index in [1.165, 1.54) is 0 Å². The second kappa shape index (κ2) is 7.10. The number of carbonyl (C=O) groups is 1. The molecule has 1 heterocycles. The van der Waals surface area contributed by atoms with Gasteiger partial charge >= 0.3 is 5.97 Å². The van der Waals surface area contributed by atoms with Crippen molar-refractivity contribution in [2.24, 2.45) is 11.8 Å². The number of aliphatic hydroxyl groups is 1. The van der Waals surface area contributed by atoms with Gasteiger partial charge in [0.25, 0.3) is 0 Å². The molecule has 3 unspecified atom stereocenters. The fourth-order valence-electron chi connectivity index (χ4n) is 3.01. The summed E-state index contributed by atoms with van der Waals surface area (Å²) in [5.74, 6) is -0.482. The van der Waals surface area contributed by atoms with Crippen LogP contribution in [0.15, 0.2) is 0 Å². The van der Waals surface area contributed by atoms with Gasteiger partial charge in [-0.15, -0.1) is 0 Å². The van der Waals surface area contributed by atoms with E-state index in [1.807, 2.05) is 13.8 Å². The van der Waals surface area contributed by atoms with Crippen molar-refractivity contribution < 1.29 is 14.6 Å². The van der Waals surface area contributed by atoms with Crippen molar-refractivity contribution in [1.82, 2.24) is 5.32 Å². The SMILES string of the molecule is CCCC(C(=O)OCC)C1(O)CCNCC1CC. The summed E-state index contributed by atoms with van der Waals surface area (Å²) in [5, 5.41) is 14.3. The van der Waals surface area contributed by atoms with Crippen molar-refractivity contribution in [3.05, 3.63) is 0 Å². The lowest BCUT2D eigenvalue weighted by Crippen LogP contribution is -2.56. The highest BCUT2D eigenvalue weighted by atomic mass is 16.5. The van der Waals surface area contributed by atoms with Crippen LogP contribution in [-0.2, 0) is 9.53 Å². The summed E-state index contributed by atoms with van der Waals surface area (Å²) in [6, 6.07) is 0. The number of piperidine rings is 1. The molecule has 0 aliphatic carbocycles. The summed E-state index contributed by atoms with van der Waals surface area (Å²) < 4.78 is 5.15. The Morgan fingerprint density at radius 1 is 1.50 bits per heavy atom. The molecule has 0 amide bonds. The summed E-state index contributed by atoms with van der Waals surface area (Å²) >= 11 is 0. The largest absolute Gasteiger partial charge is 0.466 e. The van der Waals surface area contributed by atoms with Gasteiger partial charge in [-0.2, -0.15) is 0 Å². The number of hydrogen-bond donors (Lipinski definition) is 2. The van der Waals surface area contributed by atoms with E-state index in [2.05, 4.69) is 12.2 Å². The molecular weight excluding hydrogens is 230 g/mol. The maximum atomic E-state index is 12.1. The van der Waals surface area contributed by atoms with Crippen LogP contribution in [-0.4, -0.2) is 36.4 Å². The van der Waals surface area contributed by atoms with E-state index in [1.54, 1.807) is 0 Å². The van der Waals surface area contributed by atoms with Crippen LogP contribution in [0.2, 0.25) is 0 Å². The third-order valence-electron chi connectivity index (χ3n) is 4.04. The van der Waals surface area contributed by atoms with Crippen molar-refractivity contribution in [1.29, 1.82) is 0 Å². The van der Waals surface area contributed by atoms with Crippen LogP contribution in [0.4, 0.5) is 0 Å². The monoisotopic (exact) mass is 257 g/mol. The minimum atomic E-state index is -0.901. The van der Waals surface area contributed by atoms with Crippen LogP contribution in [0.3, 0.4) is 0 Å². The number of ether oxygens (including phenoxy) is 1. The third kappa shape index (κ3) is 3.23. The highest BCUT2D eigenvalue weighted by Gasteiger charge is 2.47. The van der Waals surface area contributed by atoms with Crippen molar-refractivity contribution in [2.45, 2.75) is 52.1 Å². The lowest BCUT2D eigenvalue weighted by Gasteiger charge is -2.44. The van der Waals surface area contributed by atoms with Crippen molar-refractivity contribution >= 4 is 5.97 Å². The fourth-order valence-corrected chi connectivity index (χ4v) is 3.01. The number of rotatable bonds is 6. The van der Waals surface area contributed by atoms with Gasteiger partial charge in [0.1, 0.15) is 0 Å². The fraction of sp³-hybridized carbons (Fsp3) is 0.929. The summed E-state index contributed by atoms with van der Waals surface area (Å²) in [6.45, 7) is 7.85. The minimum Gasteiger partial charge on any atom is -0.466 e. The van der Waals surface area contributed by atoms with Crippen LogP contribution in [0.5, 0.6) is 0 Å². The average molecular weight is 257 g/mol. The highest BCUT2D eigenvalue weighted by molar-refractivity contribution is 5.74. The molecule has 0 aromatic heterocycles. The molecule has 0 aromatic carbocycles. The molecule has 4 heteroatoms. The van der Waals surface area contributed by atoms with E-state index in [0.29, 0.717) is 19.4 Å². The third-order valence-corrected chi connectivity index (χ3v) is 4.04. The Balaban J connectivity index is 2.89. The molecule has 2 N–H and O–H groups in total. The zero-order chi connectivity index (χ0) is 13.6. The van der Waals surface area contributed by atoms with Crippen molar-refractivity contribution in [2.75, 3.05) is 19.7 Å². The van der Waals surface area contributed by atoms with Gasteiger partial charge in [-0.25, -0.2) is 0 Å². The molecule has 18 heavy (non-hydrogen) atoms. The number of carbonyl (C=O) groups excluding carboxylic acids is 1. The Bertz CT molecular complexity index is 270. The first-order chi connectivity index (χ1) is 8.60. The first-order valence-corrected chi connectivity index (χ1v) is 7.19. The molecule has 1 aliphatic heterocycles. The van der Waals surface area contributed by atoms with Crippen LogP contribution in [0.25, 0.3) is 0 Å². The highest BCUT2D eigenvalue weighted by Crippen LogP contribution is 2.37. The number of esters is 1. The topological polar surface area (TPSA) is 58.6 Å². The predicted molar refractivity (Wildman–Crippen MR) is 71.2 cm³/mol. The zero-order valence-corrected chi connectivity index (χ0v) is 11.9. The van der Waals surface area contributed by atoms with Crippen molar-refractivity contribution in [3.8, 4) is 0 Å². The quantitative estimate of drug-likeness (QED) is 0.711. The first-order valence-electron chi connectivity index (χ1n) is 7.19. The molecule has 1 rings (SSSR count). The van der Waals surface area contributed by atoms with Gasteiger partial charge < -0.3 is 15.2 Å².